The molecule has 1 aliphatic heterocycles. The molecule has 2 fully saturated rings. The van der Waals surface area contributed by atoms with Crippen LogP contribution in [-0.4, -0.2) is 46.7 Å². The number of carbonyl (C=O) groups is 1. The second kappa shape index (κ2) is 6.21. The van der Waals surface area contributed by atoms with Crippen LogP contribution in [0.4, 0.5) is 6.01 Å². The van der Waals surface area contributed by atoms with E-state index in [-0.39, 0.29) is 12.5 Å². The quantitative estimate of drug-likeness (QED) is 0.799. The van der Waals surface area contributed by atoms with Crippen molar-refractivity contribution in [1.82, 2.24) is 20.4 Å². The fraction of sp³-hybridized carbons (Fsp3) is 0.769. The number of carbonyl (C=O) groups excluding carboxylic acids is 1. The van der Waals surface area contributed by atoms with Gasteiger partial charge in [0.05, 0.1) is 13.1 Å². The molecule has 1 saturated heterocycles. The maximum Gasteiger partial charge on any atom is 0.315 e. The molecular weight excluding hydrogens is 258 g/mol. The maximum absolute atomic E-state index is 12.0. The van der Waals surface area contributed by atoms with Crippen LogP contribution in [0, 0.1) is 0 Å². The highest BCUT2D eigenvalue weighted by Crippen LogP contribution is 2.19. The van der Waals surface area contributed by atoms with Crippen LogP contribution in [-0.2, 0) is 11.3 Å². The van der Waals surface area contributed by atoms with E-state index in [0.29, 0.717) is 24.5 Å². The number of amides is 1. The first-order valence-electron chi connectivity index (χ1n) is 7.39. The number of hydrogen-bond donors (Lipinski definition) is 2. The van der Waals surface area contributed by atoms with Crippen molar-refractivity contribution in [2.45, 2.75) is 44.7 Å². The van der Waals surface area contributed by atoms with E-state index in [2.05, 4.69) is 20.8 Å². The highest BCUT2D eigenvalue weighted by Gasteiger charge is 2.21. The zero-order valence-corrected chi connectivity index (χ0v) is 11.6. The minimum absolute atomic E-state index is 0.0977. The number of nitrogens with one attached hydrogen (secondary N) is 2. The van der Waals surface area contributed by atoms with Gasteiger partial charge >= 0.3 is 6.01 Å². The summed E-state index contributed by atoms with van der Waals surface area (Å²) in [7, 11) is 0. The monoisotopic (exact) mass is 279 g/mol. The van der Waals surface area contributed by atoms with Crippen molar-refractivity contribution < 1.29 is 9.21 Å². The molecule has 7 heteroatoms. The van der Waals surface area contributed by atoms with Crippen LogP contribution in [0.25, 0.3) is 0 Å². The molecule has 0 spiro atoms. The molecule has 1 aromatic heterocycles. The Morgan fingerprint density at radius 2 is 2.05 bits per heavy atom. The van der Waals surface area contributed by atoms with Gasteiger partial charge in [0, 0.05) is 19.1 Å². The van der Waals surface area contributed by atoms with Crippen molar-refractivity contribution in [2.75, 3.05) is 25.0 Å². The Labute approximate surface area is 118 Å². The fourth-order valence-corrected chi connectivity index (χ4v) is 2.32. The topological polar surface area (TPSA) is 83.3 Å². The van der Waals surface area contributed by atoms with Gasteiger partial charge in [0.1, 0.15) is 0 Å². The molecule has 7 nitrogen and oxygen atoms in total. The summed E-state index contributed by atoms with van der Waals surface area (Å²) in [5.74, 6) is 0.658. The molecule has 110 valence electrons. The smallest absolute Gasteiger partial charge is 0.315 e. The van der Waals surface area contributed by atoms with Gasteiger partial charge in [-0.25, -0.2) is 0 Å². The normalized spacial score (nSPS) is 19.1. The number of piperidine rings is 1. The van der Waals surface area contributed by atoms with Crippen LogP contribution < -0.4 is 10.6 Å². The van der Waals surface area contributed by atoms with Gasteiger partial charge in [-0.3, -0.25) is 4.79 Å². The third kappa shape index (κ3) is 3.69. The van der Waals surface area contributed by atoms with Crippen molar-refractivity contribution in [2.24, 2.45) is 0 Å². The molecule has 2 N–H and O–H groups in total. The molecule has 0 atom stereocenters. The minimum atomic E-state index is 0.0977. The lowest BCUT2D eigenvalue weighted by atomic mass is 10.1. The first-order chi connectivity index (χ1) is 9.81. The van der Waals surface area contributed by atoms with E-state index in [4.69, 9.17) is 4.42 Å². The molecule has 1 saturated carbocycles. The van der Waals surface area contributed by atoms with Crippen molar-refractivity contribution in [3.8, 4) is 0 Å². The van der Waals surface area contributed by atoms with E-state index in [1.165, 1.54) is 19.3 Å². The van der Waals surface area contributed by atoms with Crippen molar-refractivity contribution >= 4 is 11.9 Å². The van der Waals surface area contributed by atoms with Gasteiger partial charge in [0.15, 0.2) is 0 Å². The van der Waals surface area contributed by atoms with Gasteiger partial charge in [-0.1, -0.05) is 5.10 Å². The van der Waals surface area contributed by atoms with Gasteiger partial charge in [-0.2, -0.15) is 0 Å². The Morgan fingerprint density at radius 3 is 2.80 bits per heavy atom. The summed E-state index contributed by atoms with van der Waals surface area (Å²) < 4.78 is 5.43. The van der Waals surface area contributed by atoms with Crippen molar-refractivity contribution in [3.05, 3.63) is 5.89 Å². The SMILES string of the molecule is O=C(CNc1nnc(CNC2CC2)o1)N1CCCCC1. The van der Waals surface area contributed by atoms with E-state index in [1.54, 1.807) is 0 Å². The molecule has 0 bridgehead atoms. The molecule has 1 aliphatic carbocycles. The number of aromatic nitrogens is 2. The summed E-state index contributed by atoms with van der Waals surface area (Å²) in [5, 5.41) is 14.0. The van der Waals surface area contributed by atoms with Gasteiger partial charge in [-0.15, -0.1) is 5.10 Å². The average molecular weight is 279 g/mol. The van der Waals surface area contributed by atoms with Gasteiger partial charge in [0.25, 0.3) is 0 Å². The number of nitrogens with zero attached hydrogens (tertiary/aromatic N) is 3. The first kappa shape index (κ1) is 13.4. The molecule has 0 radical (unpaired) electrons. The summed E-state index contributed by atoms with van der Waals surface area (Å²) in [6.45, 7) is 2.54. The molecule has 0 unspecified atom stereocenters. The van der Waals surface area contributed by atoms with E-state index in [1.807, 2.05) is 4.90 Å². The molecular formula is C13H21N5O2. The number of likely N-dealkylation sites (tertiary alicyclic amines) is 1. The predicted octanol–water partition coefficient (Wildman–Crippen LogP) is 0.746. The number of hydrogen-bond acceptors (Lipinski definition) is 6. The standard InChI is InChI=1S/C13H21N5O2/c19-12(18-6-2-1-3-7-18)9-15-13-17-16-11(20-13)8-14-10-4-5-10/h10,14H,1-9H2,(H,15,17). The predicted molar refractivity (Wildman–Crippen MR) is 73.1 cm³/mol. The number of rotatable bonds is 6. The molecule has 20 heavy (non-hydrogen) atoms. The molecule has 2 heterocycles. The van der Waals surface area contributed by atoms with Crippen molar-refractivity contribution in [1.29, 1.82) is 0 Å². The highest BCUT2D eigenvalue weighted by atomic mass is 16.4. The zero-order valence-electron chi connectivity index (χ0n) is 11.6. The summed E-state index contributed by atoms with van der Waals surface area (Å²) >= 11 is 0. The van der Waals surface area contributed by atoms with Crippen molar-refractivity contribution in [3.63, 3.8) is 0 Å². The lowest BCUT2D eigenvalue weighted by Crippen LogP contribution is -2.39. The van der Waals surface area contributed by atoms with E-state index >= 15 is 0 Å². The van der Waals surface area contributed by atoms with Crippen LogP contribution in [0.15, 0.2) is 4.42 Å². The Morgan fingerprint density at radius 1 is 1.25 bits per heavy atom. The van der Waals surface area contributed by atoms with Gasteiger partial charge in [0.2, 0.25) is 11.8 Å². The van der Waals surface area contributed by atoms with Gasteiger partial charge in [-0.05, 0) is 32.1 Å². The molecule has 2 aliphatic rings. The minimum Gasteiger partial charge on any atom is -0.407 e. The second-order valence-corrected chi connectivity index (χ2v) is 5.45. The Hall–Kier alpha value is -1.63. The fourth-order valence-electron chi connectivity index (χ4n) is 2.32. The summed E-state index contributed by atoms with van der Waals surface area (Å²) in [5.41, 5.74) is 0. The summed E-state index contributed by atoms with van der Waals surface area (Å²) in [4.78, 5) is 13.9. The average Bonchev–Trinajstić information content (AvgIpc) is 3.22. The molecule has 1 aromatic rings. The van der Waals surface area contributed by atoms with E-state index < -0.39 is 0 Å². The molecule has 1 amide bonds. The third-order valence-electron chi connectivity index (χ3n) is 3.69. The number of anilines is 1. The summed E-state index contributed by atoms with van der Waals surface area (Å²) in [6, 6.07) is 0.932. The van der Waals surface area contributed by atoms with Gasteiger partial charge < -0.3 is 20.0 Å². The third-order valence-corrected chi connectivity index (χ3v) is 3.69. The second-order valence-electron chi connectivity index (χ2n) is 5.45. The Kier molecular flexibility index (Phi) is 4.15. The van der Waals surface area contributed by atoms with E-state index in [9.17, 15) is 4.79 Å². The highest BCUT2D eigenvalue weighted by molar-refractivity contribution is 5.80. The van der Waals surface area contributed by atoms with Crippen LogP contribution in [0.1, 0.15) is 38.0 Å². The molecule has 0 aromatic carbocycles. The summed E-state index contributed by atoms with van der Waals surface area (Å²) in [6.07, 6.45) is 5.87. The van der Waals surface area contributed by atoms with Crippen LogP contribution in [0.3, 0.4) is 0 Å². The van der Waals surface area contributed by atoms with Crippen LogP contribution >= 0.6 is 0 Å². The Bertz CT molecular complexity index is 451. The largest absolute Gasteiger partial charge is 0.407 e. The molecule has 3 rings (SSSR count). The van der Waals surface area contributed by atoms with Crippen LogP contribution in [0.2, 0.25) is 0 Å². The van der Waals surface area contributed by atoms with Crippen LogP contribution in [0.5, 0.6) is 0 Å². The lowest BCUT2D eigenvalue weighted by Gasteiger charge is -2.26. The lowest BCUT2D eigenvalue weighted by molar-refractivity contribution is -0.130. The maximum atomic E-state index is 12.0. The Balaban J connectivity index is 1.41. The first-order valence-corrected chi connectivity index (χ1v) is 7.39. The zero-order chi connectivity index (χ0) is 13.8. The van der Waals surface area contributed by atoms with E-state index in [0.717, 1.165) is 25.9 Å².